The first-order chi connectivity index (χ1) is 8.76. The molecule has 1 aliphatic rings. The summed E-state index contributed by atoms with van der Waals surface area (Å²) >= 11 is 1.42. The van der Waals surface area contributed by atoms with Gasteiger partial charge in [-0.25, -0.2) is 0 Å². The zero-order valence-electron chi connectivity index (χ0n) is 10.6. The summed E-state index contributed by atoms with van der Waals surface area (Å²) < 4.78 is 5.19. The molecule has 1 fully saturated rings. The molecule has 100 valence electrons. The van der Waals surface area contributed by atoms with Crippen LogP contribution in [0.25, 0.3) is 0 Å². The molecule has 0 radical (unpaired) electrons. The second-order valence-corrected chi connectivity index (χ2v) is 5.51. The highest BCUT2D eigenvalue weighted by molar-refractivity contribution is 7.12. The molecular formula is C13H19NO3S. The number of carbonyl (C=O) groups is 1. The molecule has 1 saturated heterocycles. The number of methoxy groups -OCH3 is 1. The molecule has 2 rings (SSSR count). The van der Waals surface area contributed by atoms with Crippen molar-refractivity contribution in [1.82, 2.24) is 4.90 Å². The number of aliphatic hydroxyl groups excluding tert-OH is 1. The average molecular weight is 269 g/mol. The predicted octanol–water partition coefficient (Wildman–Crippen LogP) is 1.99. The Kier molecular flexibility index (Phi) is 4.60. The molecular weight excluding hydrogens is 250 g/mol. The highest BCUT2D eigenvalue weighted by atomic mass is 32.1. The maximum atomic E-state index is 12.4. The van der Waals surface area contributed by atoms with Gasteiger partial charge in [-0.1, -0.05) is 0 Å². The lowest BCUT2D eigenvalue weighted by Gasteiger charge is -2.32. The fourth-order valence-corrected chi connectivity index (χ4v) is 3.25. The van der Waals surface area contributed by atoms with Crippen LogP contribution in [-0.4, -0.2) is 42.7 Å². The normalized spacial score (nSPS) is 19.9. The summed E-state index contributed by atoms with van der Waals surface area (Å²) in [5, 5.41) is 10.9. The monoisotopic (exact) mass is 269 g/mol. The maximum Gasteiger partial charge on any atom is 0.267 e. The minimum atomic E-state index is 0.0597. The first-order valence-corrected chi connectivity index (χ1v) is 7.16. The largest absolute Gasteiger partial charge is 0.495 e. The number of nitrogens with zero attached hydrogens (tertiary/aromatic N) is 1. The van der Waals surface area contributed by atoms with E-state index in [4.69, 9.17) is 9.84 Å². The molecule has 18 heavy (non-hydrogen) atoms. The Bertz CT molecular complexity index is 403. The van der Waals surface area contributed by atoms with Crippen molar-refractivity contribution >= 4 is 17.2 Å². The number of ether oxygens (including phenoxy) is 1. The molecule has 1 aliphatic heterocycles. The van der Waals surface area contributed by atoms with E-state index in [1.54, 1.807) is 7.11 Å². The lowest BCUT2D eigenvalue weighted by Crippen LogP contribution is -2.40. The minimum Gasteiger partial charge on any atom is -0.495 e. The van der Waals surface area contributed by atoms with E-state index in [-0.39, 0.29) is 12.5 Å². The number of likely N-dealkylation sites (tertiary alicyclic amines) is 1. The van der Waals surface area contributed by atoms with Crippen LogP contribution in [0, 0.1) is 5.92 Å². The Hall–Kier alpha value is -1.07. The summed E-state index contributed by atoms with van der Waals surface area (Å²) in [5.74, 6) is 1.15. The Morgan fingerprint density at radius 3 is 3.22 bits per heavy atom. The van der Waals surface area contributed by atoms with Crippen molar-refractivity contribution in [3.63, 3.8) is 0 Å². The first kappa shape index (κ1) is 13.4. The second-order valence-electron chi connectivity index (χ2n) is 4.59. The Balaban J connectivity index is 2.04. The predicted molar refractivity (Wildman–Crippen MR) is 71.2 cm³/mol. The van der Waals surface area contributed by atoms with Crippen LogP contribution < -0.4 is 4.74 Å². The van der Waals surface area contributed by atoms with E-state index in [2.05, 4.69) is 0 Å². The third-order valence-corrected chi connectivity index (χ3v) is 4.27. The van der Waals surface area contributed by atoms with Gasteiger partial charge in [0.2, 0.25) is 0 Å². The Labute approximate surface area is 111 Å². The highest BCUT2D eigenvalue weighted by Crippen LogP contribution is 2.28. The molecule has 2 heterocycles. The molecule has 1 aromatic rings. The lowest BCUT2D eigenvalue weighted by molar-refractivity contribution is 0.0655. The zero-order chi connectivity index (χ0) is 13.0. The van der Waals surface area contributed by atoms with Gasteiger partial charge in [-0.2, -0.15) is 0 Å². The van der Waals surface area contributed by atoms with E-state index in [9.17, 15) is 4.79 Å². The van der Waals surface area contributed by atoms with Gasteiger partial charge in [-0.3, -0.25) is 4.79 Å². The van der Waals surface area contributed by atoms with Crippen molar-refractivity contribution in [1.29, 1.82) is 0 Å². The van der Waals surface area contributed by atoms with E-state index < -0.39 is 0 Å². The quantitative estimate of drug-likeness (QED) is 0.909. The molecule has 0 aromatic carbocycles. The average Bonchev–Trinajstić information content (AvgIpc) is 2.87. The van der Waals surface area contributed by atoms with Crippen molar-refractivity contribution < 1.29 is 14.6 Å². The number of thiophene rings is 1. The van der Waals surface area contributed by atoms with Crippen molar-refractivity contribution in [2.24, 2.45) is 5.92 Å². The van der Waals surface area contributed by atoms with Crippen molar-refractivity contribution in [2.45, 2.75) is 19.3 Å². The summed E-state index contributed by atoms with van der Waals surface area (Å²) in [5.41, 5.74) is 0. The number of rotatable bonds is 4. The molecule has 1 amide bonds. The van der Waals surface area contributed by atoms with Gasteiger partial charge in [0, 0.05) is 19.7 Å². The van der Waals surface area contributed by atoms with E-state index >= 15 is 0 Å². The molecule has 1 atom stereocenters. The smallest absolute Gasteiger partial charge is 0.267 e. The molecule has 1 N–H and O–H groups in total. The number of piperidine rings is 1. The van der Waals surface area contributed by atoms with Crippen molar-refractivity contribution in [2.75, 3.05) is 26.8 Å². The third kappa shape index (κ3) is 2.84. The Morgan fingerprint density at radius 1 is 1.67 bits per heavy atom. The second kappa shape index (κ2) is 6.20. The van der Waals surface area contributed by atoms with Crippen LogP contribution in [0.2, 0.25) is 0 Å². The molecule has 5 heteroatoms. The van der Waals surface area contributed by atoms with Gasteiger partial charge < -0.3 is 14.7 Å². The number of hydrogen-bond acceptors (Lipinski definition) is 4. The standard InChI is InChI=1S/C13H19NO3S/c1-17-11-5-8-18-12(11)13(16)14-6-2-3-10(9-14)4-7-15/h5,8,10,15H,2-4,6-7,9H2,1H3. The summed E-state index contributed by atoms with van der Waals surface area (Å²) in [6, 6.07) is 1.83. The topological polar surface area (TPSA) is 49.8 Å². The number of carbonyl (C=O) groups excluding carboxylic acids is 1. The van der Waals surface area contributed by atoms with Crippen LogP contribution in [0.5, 0.6) is 5.75 Å². The third-order valence-electron chi connectivity index (χ3n) is 3.39. The number of amides is 1. The zero-order valence-corrected chi connectivity index (χ0v) is 11.4. The van der Waals surface area contributed by atoms with Crippen molar-refractivity contribution in [3.05, 3.63) is 16.3 Å². The molecule has 0 bridgehead atoms. The van der Waals surface area contributed by atoms with Crippen LogP contribution in [0.1, 0.15) is 28.9 Å². The lowest BCUT2D eigenvalue weighted by atomic mass is 9.95. The number of aliphatic hydroxyl groups is 1. The van der Waals surface area contributed by atoms with Gasteiger partial charge in [-0.05, 0) is 36.6 Å². The first-order valence-electron chi connectivity index (χ1n) is 6.28. The minimum absolute atomic E-state index is 0.0597. The summed E-state index contributed by atoms with van der Waals surface area (Å²) in [4.78, 5) is 15.0. The van der Waals surface area contributed by atoms with Gasteiger partial charge in [0.05, 0.1) is 7.11 Å². The maximum absolute atomic E-state index is 12.4. The van der Waals surface area contributed by atoms with Crippen LogP contribution in [-0.2, 0) is 0 Å². The molecule has 4 nitrogen and oxygen atoms in total. The molecule has 0 aliphatic carbocycles. The van der Waals surface area contributed by atoms with Gasteiger partial charge in [0.1, 0.15) is 10.6 Å². The molecule has 0 saturated carbocycles. The molecule has 0 spiro atoms. The van der Waals surface area contributed by atoms with E-state index in [1.165, 1.54) is 11.3 Å². The van der Waals surface area contributed by atoms with Gasteiger partial charge in [0.25, 0.3) is 5.91 Å². The van der Waals surface area contributed by atoms with Crippen LogP contribution in [0.3, 0.4) is 0 Å². The van der Waals surface area contributed by atoms with E-state index in [0.29, 0.717) is 16.5 Å². The summed E-state index contributed by atoms with van der Waals surface area (Å²) in [6.45, 7) is 1.76. The summed E-state index contributed by atoms with van der Waals surface area (Å²) in [7, 11) is 1.59. The fraction of sp³-hybridized carbons (Fsp3) is 0.615. The molecule has 1 unspecified atom stereocenters. The van der Waals surface area contributed by atoms with E-state index in [0.717, 1.165) is 32.4 Å². The van der Waals surface area contributed by atoms with Crippen LogP contribution in [0.4, 0.5) is 0 Å². The Morgan fingerprint density at radius 2 is 2.50 bits per heavy atom. The number of hydrogen-bond donors (Lipinski definition) is 1. The van der Waals surface area contributed by atoms with Gasteiger partial charge >= 0.3 is 0 Å². The van der Waals surface area contributed by atoms with Gasteiger partial charge in [0.15, 0.2) is 0 Å². The van der Waals surface area contributed by atoms with Crippen molar-refractivity contribution in [3.8, 4) is 5.75 Å². The van der Waals surface area contributed by atoms with Gasteiger partial charge in [-0.15, -0.1) is 11.3 Å². The fourth-order valence-electron chi connectivity index (χ4n) is 2.43. The van der Waals surface area contributed by atoms with Crippen LogP contribution >= 0.6 is 11.3 Å². The highest BCUT2D eigenvalue weighted by Gasteiger charge is 2.26. The summed E-state index contributed by atoms with van der Waals surface area (Å²) in [6.07, 6.45) is 2.90. The van der Waals surface area contributed by atoms with E-state index in [1.807, 2.05) is 16.3 Å². The van der Waals surface area contributed by atoms with Crippen LogP contribution in [0.15, 0.2) is 11.4 Å². The SMILES string of the molecule is COc1ccsc1C(=O)N1CCCC(CCO)C1. The molecule has 1 aromatic heterocycles.